The number of hydrogen-bond acceptors (Lipinski definition) is 4. The van der Waals surface area contributed by atoms with E-state index in [0.717, 1.165) is 30.0 Å². The van der Waals surface area contributed by atoms with Gasteiger partial charge in [-0.25, -0.2) is 4.98 Å². The maximum atomic E-state index is 12.6. The van der Waals surface area contributed by atoms with E-state index in [1.54, 1.807) is 4.90 Å². The summed E-state index contributed by atoms with van der Waals surface area (Å²) >= 11 is 0. The Morgan fingerprint density at radius 3 is 2.45 bits per heavy atom. The van der Waals surface area contributed by atoms with Gasteiger partial charge in [0.05, 0.1) is 11.9 Å². The first-order chi connectivity index (χ1) is 13.9. The van der Waals surface area contributed by atoms with E-state index in [2.05, 4.69) is 14.6 Å². The monoisotopic (exact) mass is 404 g/mol. The van der Waals surface area contributed by atoms with E-state index >= 15 is 0 Å². The van der Waals surface area contributed by atoms with Gasteiger partial charge in [-0.1, -0.05) is 6.07 Å². The average Bonchev–Trinajstić information content (AvgIpc) is 3.10. The number of aromatic nitrogens is 2. The van der Waals surface area contributed by atoms with Gasteiger partial charge in [0.1, 0.15) is 11.4 Å². The number of piperazine rings is 1. The molecule has 2 aromatic heterocycles. The molecular formula is C20H19F3N4O2. The number of nitrogens with zero attached hydrogens (tertiary/aromatic N) is 4. The number of imidazole rings is 1. The molecule has 0 unspecified atom stereocenters. The molecule has 1 amide bonds. The van der Waals surface area contributed by atoms with E-state index in [9.17, 15) is 18.0 Å². The molecule has 9 heteroatoms. The lowest BCUT2D eigenvalue weighted by Crippen LogP contribution is -2.48. The Labute approximate surface area is 165 Å². The molecule has 0 aliphatic carbocycles. The normalized spacial score (nSPS) is 15.6. The summed E-state index contributed by atoms with van der Waals surface area (Å²) < 4.78 is 42.6. The Bertz CT molecular complexity index is 993. The highest BCUT2D eigenvalue weighted by Crippen LogP contribution is 2.23. The van der Waals surface area contributed by atoms with Crippen LogP contribution in [0.3, 0.4) is 0 Å². The van der Waals surface area contributed by atoms with E-state index < -0.39 is 6.36 Å². The van der Waals surface area contributed by atoms with Crippen LogP contribution in [0.1, 0.15) is 16.1 Å². The number of benzene rings is 1. The van der Waals surface area contributed by atoms with E-state index in [0.29, 0.717) is 31.7 Å². The number of hydrogen-bond donors (Lipinski definition) is 0. The van der Waals surface area contributed by atoms with Crippen molar-refractivity contribution in [2.45, 2.75) is 12.9 Å². The first-order valence-electron chi connectivity index (χ1n) is 9.17. The zero-order valence-corrected chi connectivity index (χ0v) is 15.5. The molecule has 1 aliphatic rings. The molecule has 6 nitrogen and oxygen atoms in total. The molecule has 3 aromatic rings. The lowest BCUT2D eigenvalue weighted by Gasteiger charge is -2.34. The minimum atomic E-state index is -4.75. The van der Waals surface area contributed by atoms with Gasteiger partial charge < -0.3 is 14.0 Å². The number of fused-ring (bicyclic) bond motifs is 1. The molecule has 0 saturated carbocycles. The number of rotatable bonds is 4. The van der Waals surface area contributed by atoms with Crippen molar-refractivity contribution in [2.75, 3.05) is 26.2 Å². The second kappa shape index (κ2) is 7.75. The topological polar surface area (TPSA) is 50.1 Å². The summed E-state index contributed by atoms with van der Waals surface area (Å²) in [4.78, 5) is 21.0. The minimum absolute atomic E-state index is 0.196. The Hall–Kier alpha value is -3.07. The van der Waals surface area contributed by atoms with Gasteiger partial charge >= 0.3 is 6.36 Å². The fourth-order valence-corrected chi connectivity index (χ4v) is 3.42. The lowest BCUT2D eigenvalue weighted by molar-refractivity contribution is -0.274. The molecule has 1 aromatic carbocycles. The summed E-state index contributed by atoms with van der Waals surface area (Å²) in [6, 6.07) is 10.9. The third kappa shape index (κ3) is 4.51. The van der Waals surface area contributed by atoms with Crippen molar-refractivity contribution in [3.05, 3.63) is 66.1 Å². The second-order valence-corrected chi connectivity index (χ2v) is 6.82. The van der Waals surface area contributed by atoms with Crippen molar-refractivity contribution in [2.24, 2.45) is 0 Å². The number of carbonyl (C=O) groups excluding carboxylic acids is 1. The van der Waals surface area contributed by atoms with Gasteiger partial charge in [-0.2, -0.15) is 0 Å². The van der Waals surface area contributed by atoms with Gasteiger partial charge in [-0.05, 0) is 36.4 Å². The minimum Gasteiger partial charge on any atom is -0.406 e. The summed E-state index contributed by atoms with van der Waals surface area (Å²) in [6.07, 6.45) is -0.913. The van der Waals surface area contributed by atoms with Crippen LogP contribution in [0.2, 0.25) is 0 Å². The van der Waals surface area contributed by atoms with Gasteiger partial charge in [-0.15, -0.1) is 13.2 Å². The third-order valence-electron chi connectivity index (χ3n) is 4.87. The summed E-state index contributed by atoms with van der Waals surface area (Å²) in [5, 5.41) is 0. The van der Waals surface area contributed by atoms with Crippen LogP contribution in [0.5, 0.6) is 5.75 Å². The fraction of sp³-hybridized carbons (Fsp3) is 0.300. The molecule has 0 atom stereocenters. The van der Waals surface area contributed by atoms with Gasteiger partial charge in [-0.3, -0.25) is 9.69 Å². The van der Waals surface area contributed by atoms with Gasteiger partial charge in [0.2, 0.25) is 0 Å². The van der Waals surface area contributed by atoms with Crippen LogP contribution in [-0.2, 0) is 6.54 Å². The Kier molecular flexibility index (Phi) is 5.14. The number of halogens is 3. The second-order valence-electron chi connectivity index (χ2n) is 6.82. The molecule has 4 rings (SSSR count). The highest BCUT2D eigenvalue weighted by molar-refractivity contribution is 5.94. The van der Waals surface area contributed by atoms with Crippen LogP contribution >= 0.6 is 0 Å². The van der Waals surface area contributed by atoms with Gasteiger partial charge in [0.15, 0.2) is 0 Å². The molecule has 0 spiro atoms. The molecule has 3 heterocycles. The lowest BCUT2D eigenvalue weighted by atomic mass is 10.1. The largest absolute Gasteiger partial charge is 0.573 e. The SMILES string of the molecule is O=C(c1ccc(OC(F)(F)F)cc1)N1CCN(Cc2cnc3ccccn23)CC1. The van der Waals surface area contributed by atoms with Crippen molar-refractivity contribution in [3.8, 4) is 5.75 Å². The summed E-state index contributed by atoms with van der Waals surface area (Å²) in [6.45, 7) is 3.26. The number of alkyl halides is 3. The van der Waals surface area contributed by atoms with E-state index in [4.69, 9.17) is 0 Å². The molecule has 0 radical (unpaired) electrons. The highest BCUT2D eigenvalue weighted by atomic mass is 19.4. The molecule has 0 N–H and O–H groups in total. The standard InChI is InChI=1S/C20H19F3N4O2/c21-20(22,23)29-17-6-4-15(5-7-17)19(28)26-11-9-25(10-12-26)14-16-13-24-18-3-1-2-8-27(16)18/h1-8,13H,9-12,14H2. The smallest absolute Gasteiger partial charge is 0.406 e. The first kappa shape index (κ1) is 19.3. The van der Waals surface area contributed by atoms with Crippen molar-refractivity contribution < 1.29 is 22.7 Å². The van der Waals surface area contributed by atoms with Crippen LogP contribution < -0.4 is 4.74 Å². The van der Waals surface area contributed by atoms with E-state index in [1.807, 2.05) is 35.0 Å². The number of ether oxygens (including phenoxy) is 1. The maximum absolute atomic E-state index is 12.6. The van der Waals surface area contributed by atoms with Gasteiger partial charge in [0.25, 0.3) is 5.91 Å². The zero-order valence-electron chi connectivity index (χ0n) is 15.5. The predicted octanol–water partition coefficient (Wildman–Crippen LogP) is 3.19. The Morgan fingerprint density at radius 2 is 1.76 bits per heavy atom. The molecular weight excluding hydrogens is 385 g/mol. The summed E-state index contributed by atoms with van der Waals surface area (Å²) in [5.41, 5.74) is 2.32. The first-order valence-corrected chi connectivity index (χ1v) is 9.17. The highest BCUT2D eigenvalue weighted by Gasteiger charge is 2.31. The average molecular weight is 404 g/mol. The molecule has 0 bridgehead atoms. The molecule has 1 saturated heterocycles. The van der Waals surface area contributed by atoms with Crippen LogP contribution in [0.4, 0.5) is 13.2 Å². The molecule has 152 valence electrons. The predicted molar refractivity (Wildman–Crippen MR) is 99.5 cm³/mol. The Morgan fingerprint density at radius 1 is 1.03 bits per heavy atom. The van der Waals surface area contributed by atoms with Crippen molar-refractivity contribution in [1.82, 2.24) is 19.2 Å². The quantitative estimate of drug-likeness (QED) is 0.670. The van der Waals surface area contributed by atoms with Crippen LogP contribution in [-0.4, -0.2) is 57.6 Å². The van der Waals surface area contributed by atoms with Crippen LogP contribution in [0.15, 0.2) is 54.9 Å². The fourth-order valence-electron chi connectivity index (χ4n) is 3.42. The van der Waals surface area contributed by atoms with Crippen molar-refractivity contribution in [3.63, 3.8) is 0 Å². The summed E-state index contributed by atoms with van der Waals surface area (Å²) in [5.74, 6) is -0.537. The van der Waals surface area contributed by atoms with Crippen LogP contribution in [0.25, 0.3) is 5.65 Å². The maximum Gasteiger partial charge on any atom is 0.573 e. The zero-order chi connectivity index (χ0) is 20.4. The van der Waals surface area contributed by atoms with E-state index in [-0.39, 0.29) is 11.7 Å². The third-order valence-corrected chi connectivity index (χ3v) is 4.87. The molecule has 1 aliphatic heterocycles. The van der Waals surface area contributed by atoms with Gasteiger partial charge in [0, 0.05) is 44.5 Å². The molecule has 29 heavy (non-hydrogen) atoms. The van der Waals surface area contributed by atoms with E-state index in [1.165, 1.54) is 12.1 Å². The number of carbonyl (C=O) groups is 1. The summed E-state index contributed by atoms with van der Waals surface area (Å²) in [7, 11) is 0. The van der Waals surface area contributed by atoms with Crippen molar-refractivity contribution in [1.29, 1.82) is 0 Å². The number of pyridine rings is 1. The van der Waals surface area contributed by atoms with Crippen LogP contribution in [0, 0.1) is 0 Å². The number of amides is 1. The Balaban J connectivity index is 1.33. The van der Waals surface area contributed by atoms with Crippen molar-refractivity contribution >= 4 is 11.6 Å². The molecule has 1 fully saturated rings.